The number of carbonyl (C=O) groups is 1. The van der Waals surface area contributed by atoms with Gasteiger partial charge in [0, 0.05) is 28.3 Å². The van der Waals surface area contributed by atoms with Crippen LogP contribution in [0.5, 0.6) is 0 Å². The maximum absolute atomic E-state index is 12.3. The third-order valence-electron chi connectivity index (χ3n) is 2.57. The molecule has 0 fully saturated rings. The van der Waals surface area contributed by atoms with Gasteiger partial charge in [-0.15, -0.1) is 0 Å². The molecule has 0 bridgehead atoms. The standard InChI is InChI=1S/C11H10Cl2F3NO3S/c1-6-8(12)3-7(4-9(6)21(13,19)20)10(18)17(2)5-11(14,15)16/h3-4H,5H2,1-2H3. The van der Waals surface area contributed by atoms with Gasteiger partial charge in [-0.3, -0.25) is 4.79 Å². The van der Waals surface area contributed by atoms with Crippen LogP contribution < -0.4 is 0 Å². The van der Waals surface area contributed by atoms with E-state index in [1.54, 1.807) is 0 Å². The summed E-state index contributed by atoms with van der Waals surface area (Å²) >= 11 is 5.79. The fourth-order valence-electron chi connectivity index (χ4n) is 1.59. The van der Waals surface area contributed by atoms with Crippen LogP contribution in [0.25, 0.3) is 0 Å². The monoisotopic (exact) mass is 363 g/mol. The minimum atomic E-state index is -4.57. The number of alkyl halides is 3. The topological polar surface area (TPSA) is 54.5 Å². The van der Waals surface area contributed by atoms with E-state index < -0.39 is 32.6 Å². The Balaban J connectivity index is 3.27. The molecule has 0 unspecified atom stereocenters. The number of benzene rings is 1. The second-order valence-electron chi connectivity index (χ2n) is 4.30. The van der Waals surface area contributed by atoms with Crippen molar-refractivity contribution in [1.82, 2.24) is 4.90 Å². The van der Waals surface area contributed by atoms with Gasteiger partial charge in [0.25, 0.3) is 15.0 Å². The molecule has 0 radical (unpaired) electrons. The molecular weight excluding hydrogens is 354 g/mol. The quantitative estimate of drug-likeness (QED) is 0.774. The summed E-state index contributed by atoms with van der Waals surface area (Å²) in [5.74, 6) is -1.02. The zero-order valence-electron chi connectivity index (χ0n) is 10.8. The molecule has 4 nitrogen and oxygen atoms in total. The van der Waals surface area contributed by atoms with Gasteiger partial charge in [-0.05, 0) is 24.6 Å². The van der Waals surface area contributed by atoms with E-state index in [4.69, 9.17) is 22.3 Å². The van der Waals surface area contributed by atoms with Crippen molar-refractivity contribution in [3.63, 3.8) is 0 Å². The summed E-state index contributed by atoms with van der Waals surface area (Å²) < 4.78 is 59.5. The van der Waals surface area contributed by atoms with E-state index in [2.05, 4.69) is 0 Å². The molecule has 1 amide bonds. The molecule has 1 rings (SSSR count). The molecule has 0 atom stereocenters. The largest absolute Gasteiger partial charge is 0.406 e. The smallest absolute Gasteiger partial charge is 0.333 e. The minimum Gasteiger partial charge on any atom is -0.333 e. The van der Waals surface area contributed by atoms with E-state index in [9.17, 15) is 26.4 Å². The number of nitrogens with zero attached hydrogens (tertiary/aromatic N) is 1. The number of rotatable bonds is 3. The molecule has 0 aromatic heterocycles. The highest BCUT2D eigenvalue weighted by atomic mass is 35.7. The average molecular weight is 364 g/mol. The van der Waals surface area contributed by atoms with E-state index in [0.717, 1.165) is 19.2 Å². The lowest BCUT2D eigenvalue weighted by Gasteiger charge is -2.19. The molecule has 0 aliphatic rings. The van der Waals surface area contributed by atoms with E-state index >= 15 is 0 Å². The van der Waals surface area contributed by atoms with Crippen molar-refractivity contribution >= 4 is 37.2 Å². The summed E-state index contributed by atoms with van der Waals surface area (Å²) in [6.07, 6.45) is -4.57. The Morgan fingerprint density at radius 2 is 1.86 bits per heavy atom. The molecular formula is C11H10Cl2F3NO3S. The van der Waals surface area contributed by atoms with Crippen molar-refractivity contribution < 1.29 is 26.4 Å². The summed E-state index contributed by atoms with van der Waals surface area (Å²) in [6, 6.07) is 2.00. The molecule has 0 aliphatic carbocycles. The Bertz CT molecular complexity index is 674. The van der Waals surface area contributed by atoms with Gasteiger partial charge in [-0.25, -0.2) is 8.42 Å². The maximum Gasteiger partial charge on any atom is 0.406 e. The summed E-state index contributed by atoms with van der Waals surface area (Å²) in [5, 5.41) is -0.0829. The first-order valence-electron chi connectivity index (χ1n) is 5.40. The van der Waals surface area contributed by atoms with Crippen molar-refractivity contribution in [2.24, 2.45) is 0 Å². The van der Waals surface area contributed by atoms with Gasteiger partial charge in [0.15, 0.2) is 0 Å². The van der Waals surface area contributed by atoms with Crippen molar-refractivity contribution in [1.29, 1.82) is 0 Å². The first-order chi connectivity index (χ1) is 9.33. The fraction of sp³-hybridized carbons (Fsp3) is 0.364. The third-order valence-corrected chi connectivity index (χ3v) is 4.41. The van der Waals surface area contributed by atoms with Crippen LogP contribution in [0.3, 0.4) is 0 Å². The second kappa shape index (κ2) is 6.02. The van der Waals surface area contributed by atoms with Gasteiger partial charge < -0.3 is 4.90 Å². The molecule has 118 valence electrons. The average Bonchev–Trinajstić information content (AvgIpc) is 2.27. The van der Waals surface area contributed by atoms with Crippen LogP contribution >= 0.6 is 22.3 Å². The number of carbonyl (C=O) groups excluding carboxylic acids is 1. The lowest BCUT2D eigenvalue weighted by molar-refractivity contribution is -0.138. The lowest BCUT2D eigenvalue weighted by atomic mass is 10.1. The SMILES string of the molecule is Cc1c(Cl)cc(C(=O)N(C)CC(F)(F)F)cc1S(=O)(=O)Cl. The van der Waals surface area contributed by atoms with Crippen molar-refractivity contribution in [3.05, 3.63) is 28.3 Å². The van der Waals surface area contributed by atoms with Gasteiger partial charge >= 0.3 is 6.18 Å². The highest BCUT2D eigenvalue weighted by Gasteiger charge is 2.32. The predicted molar refractivity (Wildman–Crippen MR) is 72.2 cm³/mol. The zero-order valence-corrected chi connectivity index (χ0v) is 13.2. The highest BCUT2D eigenvalue weighted by molar-refractivity contribution is 8.13. The molecule has 1 aromatic rings. The van der Waals surface area contributed by atoms with E-state index in [1.165, 1.54) is 6.92 Å². The van der Waals surface area contributed by atoms with Gasteiger partial charge in [0.2, 0.25) is 0 Å². The second-order valence-corrected chi connectivity index (χ2v) is 7.24. The summed E-state index contributed by atoms with van der Waals surface area (Å²) in [4.78, 5) is 11.9. The molecule has 0 aliphatic heterocycles. The number of amides is 1. The van der Waals surface area contributed by atoms with Crippen molar-refractivity contribution in [2.75, 3.05) is 13.6 Å². The lowest BCUT2D eigenvalue weighted by Crippen LogP contribution is -2.35. The Morgan fingerprint density at radius 1 is 1.33 bits per heavy atom. The summed E-state index contributed by atoms with van der Waals surface area (Å²) in [7, 11) is 1.97. The molecule has 1 aromatic carbocycles. The van der Waals surface area contributed by atoms with Crippen LogP contribution in [-0.4, -0.2) is 39.0 Å². The summed E-state index contributed by atoms with van der Waals surface area (Å²) in [6.45, 7) is -0.106. The number of hydrogen-bond donors (Lipinski definition) is 0. The Kier molecular flexibility index (Phi) is 5.18. The first kappa shape index (κ1) is 18.1. The zero-order chi connectivity index (χ0) is 16.6. The maximum atomic E-state index is 12.3. The van der Waals surface area contributed by atoms with Crippen molar-refractivity contribution in [2.45, 2.75) is 18.0 Å². The van der Waals surface area contributed by atoms with Crippen LogP contribution in [0, 0.1) is 6.92 Å². The van der Waals surface area contributed by atoms with Crippen LogP contribution in [0.2, 0.25) is 5.02 Å². The van der Waals surface area contributed by atoms with Crippen LogP contribution in [-0.2, 0) is 9.05 Å². The third kappa shape index (κ3) is 4.76. The Labute approximate surface area is 128 Å². The molecule has 21 heavy (non-hydrogen) atoms. The fourth-order valence-corrected chi connectivity index (χ4v) is 3.09. The normalized spacial score (nSPS) is 12.3. The van der Waals surface area contributed by atoms with Gasteiger partial charge in [-0.1, -0.05) is 11.6 Å². The van der Waals surface area contributed by atoms with E-state index in [1.807, 2.05) is 0 Å². The number of hydrogen-bond acceptors (Lipinski definition) is 3. The Morgan fingerprint density at radius 3 is 2.29 bits per heavy atom. The van der Waals surface area contributed by atoms with Crippen LogP contribution in [0.15, 0.2) is 17.0 Å². The van der Waals surface area contributed by atoms with Crippen LogP contribution in [0.4, 0.5) is 13.2 Å². The Hall–Kier alpha value is -0.990. The molecule has 0 saturated heterocycles. The molecule has 0 N–H and O–H groups in total. The van der Waals surface area contributed by atoms with Crippen LogP contribution in [0.1, 0.15) is 15.9 Å². The predicted octanol–water partition coefficient (Wildman–Crippen LogP) is 3.21. The van der Waals surface area contributed by atoms with E-state index in [-0.39, 0.29) is 16.1 Å². The van der Waals surface area contributed by atoms with Gasteiger partial charge in [-0.2, -0.15) is 13.2 Å². The summed E-state index contributed by atoms with van der Waals surface area (Å²) in [5.41, 5.74) is -0.182. The number of halogens is 5. The van der Waals surface area contributed by atoms with E-state index in [0.29, 0.717) is 4.90 Å². The van der Waals surface area contributed by atoms with Gasteiger partial charge in [0.05, 0.1) is 4.90 Å². The molecule has 10 heteroatoms. The van der Waals surface area contributed by atoms with Crippen molar-refractivity contribution in [3.8, 4) is 0 Å². The van der Waals surface area contributed by atoms with Gasteiger partial charge in [0.1, 0.15) is 6.54 Å². The minimum absolute atomic E-state index is 0.0829. The molecule has 0 saturated carbocycles. The molecule has 0 spiro atoms. The first-order valence-corrected chi connectivity index (χ1v) is 8.08. The highest BCUT2D eigenvalue weighted by Crippen LogP contribution is 2.28. The molecule has 0 heterocycles.